The molecule has 7 nitrogen and oxygen atoms in total. The predicted molar refractivity (Wildman–Crippen MR) is 113 cm³/mol. The summed E-state index contributed by atoms with van der Waals surface area (Å²) in [6.07, 6.45) is 10.3. The molecule has 156 valence electrons. The van der Waals surface area contributed by atoms with E-state index in [4.69, 9.17) is 4.98 Å². The molecule has 0 spiro atoms. The molecule has 3 aliphatic rings. The lowest BCUT2D eigenvalue weighted by Gasteiger charge is -2.41. The van der Waals surface area contributed by atoms with E-state index in [9.17, 15) is 4.79 Å². The van der Waals surface area contributed by atoms with Crippen LogP contribution in [-0.2, 0) is 17.6 Å². The fraction of sp³-hybridized carbons (Fsp3) is 0.682. The van der Waals surface area contributed by atoms with Crippen LogP contribution in [0.5, 0.6) is 0 Å². The second-order valence-corrected chi connectivity index (χ2v) is 9.10. The number of nitrogens with zero attached hydrogens (tertiary/aromatic N) is 5. The van der Waals surface area contributed by atoms with E-state index in [2.05, 4.69) is 27.3 Å². The molecular weight excluding hydrogens is 364 g/mol. The lowest BCUT2D eigenvalue weighted by Crippen LogP contribution is -2.55. The van der Waals surface area contributed by atoms with Crippen molar-refractivity contribution in [2.24, 2.45) is 11.8 Å². The van der Waals surface area contributed by atoms with Crippen LogP contribution in [0.15, 0.2) is 12.3 Å². The number of aromatic nitrogens is 3. The first-order chi connectivity index (χ1) is 14.2. The van der Waals surface area contributed by atoms with Crippen molar-refractivity contribution < 1.29 is 4.79 Å². The van der Waals surface area contributed by atoms with Crippen molar-refractivity contribution in [2.75, 3.05) is 44.7 Å². The van der Waals surface area contributed by atoms with Gasteiger partial charge < -0.3 is 15.1 Å². The molecule has 0 unspecified atom stereocenters. The van der Waals surface area contributed by atoms with Gasteiger partial charge in [-0.1, -0.05) is 25.7 Å². The maximum Gasteiger partial charge on any atom is 0.226 e. The number of nitrogens with one attached hydrogen (secondary N) is 1. The Morgan fingerprint density at radius 2 is 2.00 bits per heavy atom. The topological polar surface area (TPSA) is 65.8 Å². The van der Waals surface area contributed by atoms with Gasteiger partial charge in [0.05, 0.1) is 17.8 Å². The van der Waals surface area contributed by atoms with Crippen LogP contribution in [0.25, 0.3) is 5.65 Å². The van der Waals surface area contributed by atoms with Crippen LogP contribution in [-0.4, -0.2) is 65.2 Å². The Hall–Kier alpha value is -2.15. The van der Waals surface area contributed by atoms with Gasteiger partial charge in [0.1, 0.15) is 5.82 Å². The Bertz CT molecular complexity index is 881. The summed E-state index contributed by atoms with van der Waals surface area (Å²) in [7, 11) is 2.17. The molecule has 1 amide bonds. The summed E-state index contributed by atoms with van der Waals surface area (Å²) in [6, 6.07) is 1.98. The van der Waals surface area contributed by atoms with Crippen molar-refractivity contribution in [2.45, 2.75) is 44.9 Å². The third kappa shape index (κ3) is 3.72. The molecule has 29 heavy (non-hydrogen) atoms. The van der Waals surface area contributed by atoms with Crippen molar-refractivity contribution >= 4 is 17.4 Å². The highest BCUT2D eigenvalue weighted by molar-refractivity contribution is 5.82. The highest BCUT2D eigenvalue weighted by Crippen LogP contribution is 2.32. The Kier molecular flexibility index (Phi) is 5.16. The Morgan fingerprint density at radius 1 is 1.21 bits per heavy atom. The van der Waals surface area contributed by atoms with Crippen LogP contribution in [0.4, 0.5) is 5.82 Å². The van der Waals surface area contributed by atoms with E-state index in [1.54, 1.807) is 0 Å². The van der Waals surface area contributed by atoms with Gasteiger partial charge in [-0.2, -0.15) is 9.61 Å². The fourth-order valence-electron chi connectivity index (χ4n) is 5.17. The minimum atomic E-state index is 0.0847. The molecule has 0 bridgehead atoms. The normalized spacial score (nSPS) is 21.2. The summed E-state index contributed by atoms with van der Waals surface area (Å²) in [5, 5.41) is 7.73. The summed E-state index contributed by atoms with van der Waals surface area (Å²) in [5.41, 5.74) is 3.42. The van der Waals surface area contributed by atoms with Gasteiger partial charge in [-0.25, -0.2) is 4.98 Å². The molecule has 4 heterocycles. The largest absolute Gasteiger partial charge is 0.356 e. The van der Waals surface area contributed by atoms with Crippen LogP contribution >= 0.6 is 0 Å². The zero-order valence-electron chi connectivity index (χ0n) is 17.4. The number of likely N-dealkylation sites (N-methyl/N-ethyl adjacent to an activating group) is 1. The summed E-state index contributed by atoms with van der Waals surface area (Å²) in [5.74, 6) is 2.28. The SMILES string of the molecule is CN1CCc2nc3ccnn3c(N3CC(C(=O)NCCC4CCCC4)C3)c2CC1. The van der Waals surface area contributed by atoms with Crippen molar-refractivity contribution in [1.82, 2.24) is 24.8 Å². The van der Waals surface area contributed by atoms with E-state index in [0.29, 0.717) is 0 Å². The molecule has 1 saturated heterocycles. The first-order valence-corrected chi connectivity index (χ1v) is 11.3. The Morgan fingerprint density at radius 3 is 2.83 bits per heavy atom. The van der Waals surface area contributed by atoms with Crippen molar-refractivity contribution in [3.8, 4) is 0 Å². The second-order valence-electron chi connectivity index (χ2n) is 9.10. The number of carbonyl (C=O) groups excluding carboxylic acids is 1. The quantitative estimate of drug-likeness (QED) is 0.836. The minimum Gasteiger partial charge on any atom is -0.356 e. The lowest BCUT2D eigenvalue weighted by atomic mass is 9.97. The monoisotopic (exact) mass is 396 g/mol. The molecule has 1 aliphatic carbocycles. The summed E-state index contributed by atoms with van der Waals surface area (Å²) in [6.45, 7) is 4.45. The zero-order chi connectivity index (χ0) is 19.8. The van der Waals surface area contributed by atoms with E-state index < -0.39 is 0 Å². The van der Waals surface area contributed by atoms with E-state index in [0.717, 1.165) is 69.4 Å². The molecule has 2 aromatic heterocycles. The van der Waals surface area contributed by atoms with Gasteiger partial charge in [-0.3, -0.25) is 4.79 Å². The first-order valence-electron chi connectivity index (χ1n) is 11.3. The van der Waals surface area contributed by atoms with Gasteiger partial charge in [-0.15, -0.1) is 0 Å². The van der Waals surface area contributed by atoms with Gasteiger partial charge in [0.25, 0.3) is 0 Å². The molecule has 1 saturated carbocycles. The molecule has 0 atom stereocenters. The highest BCUT2D eigenvalue weighted by Gasteiger charge is 2.36. The smallest absolute Gasteiger partial charge is 0.226 e. The van der Waals surface area contributed by atoms with Crippen LogP contribution in [0.2, 0.25) is 0 Å². The third-order valence-corrected chi connectivity index (χ3v) is 7.04. The molecule has 7 heteroatoms. The standard InChI is InChI=1S/C22H32N6O/c1-26-12-8-18-19(9-13-26)25-20-7-11-24-28(20)22(18)27-14-17(15-27)21(29)23-10-6-16-4-2-3-5-16/h7,11,16-17H,2-6,8-10,12-15H2,1H3,(H,23,29). The van der Waals surface area contributed by atoms with Crippen molar-refractivity contribution in [1.29, 1.82) is 0 Å². The Labute approximate surface area is 172 Å². The molecule has 2 aliphatic heterocycles. The zero-order valence-corrected chi connectivity index (χ0v) is 17.4. The highest BCUT2D eigenvalue weighted by atomic mass is 16.2. The van der Waals surface area contributed by atoms with E-state index in [1.807, 2.05) is 16.8 Å². The average molecular weight is 397 g/mol. The fourth-order valence-corrected chi connectivity index (χ4v) is 5.17. The average Bonchev–Trinajstić information content (AvgIpc) is 3.32. The molecule has 1 N–H and O–H groups in total. The molecule has 2 fully saturated rings. The molecule has 2 aromatic rings. The summed E-state index contributed by atoms with van der Waals surface area (Å²) < 4.78 is 1.97. The minimum absolute atomic E-state index is 0.0847. The number of carbonyl (C=O) groups is 1. The molecular formula is C22H32N6O. The summed E-state index contributed by atoms with van der Waals surface area (Å²) >= 11 is 0. The van der Waals surface area contributed by atoms with Crippen molar-refractivity contribution in [3.05, 3.63) is 23.5 Å². The van der Waals surface area contributed by atoms with Gasteiger partial charge >= 0.3 is 0 Å². The molecule has 0 aromatic carbocycles. The number of anilines is 1. The van der Waals surface area contributed by atoms with Gasteiger partial charge in [-0.05, 0) is 25.8 Å². The number of fused-ring (bicyclic) bond motifs is 2. The second kappa shape index (κ2) is 7.94. The van der Waals surface area contributed by atoms with Gasteiger partial charge in [0.2, 0.25) is 5.91 Å². The molecule has 5 rings (SSSR count). The van der Waals surface area contributed by atoms with E-state index in [1.165, 1.54) is 36.9 Å². The summed E-state index contributed by atoms with van der Waals surface area (Å²) in [4.78, 5) is 22.2. The maximum atomic E-state index is 12.6. The third-order valence-electron chi connectivity index (χ3n) is 7.04. The van der Waals surface area contributed by atoms with Gasteiger partial charge in [0, 0.05) is 50.8 Å². The lowest BCUT2D eigenvalue weighted by molar-refractivity contribution is -0.125. The number of hydrogen-bond donors (Lipinski definition) is 1. The van der Waals surface area contributed by atoms with E-state index >= 15 is 0 Å². The van der Waals surface area contributed by atoms with Crippen molar-refractivity contribution in [3.63, 3.8) is 0 Å². The van der Waals surface area contributed by atoms with Crippen LogP contribution in [0, 0.1) is 11.8 Å². The van der Waals surface area contributed by atoms with Crippen LogP contribution < -0.4 is 10.2 Å². The van der Waals surface area contributed by atoms with Gasteiger partial charge in [0.15, 0.2) is 5.65 Å². The first kappa shape index (κ1) is 18.9. The number of rotatable bonds is 5. The van der Waals surface area contributed by atoms with Crippen LogP contribution in [0.3, 0.4) is 0 Å². The predicted octanol–water partition coefficient (Wildman–Crippen LogP) is 1.89. The molecule has 0 radical (unpaired) electrons. The number of amides is 1. The van der Waals surface area contributed by atoms with Crippen LogP contribution in [0.1, 0.15) is 43.4 Å². The van der Waals surface area contributed by atoms with E-state index in [-0.39, 0.29) is 11.8 Å². The Balaban J connectivity index is 1.26. The maximum absolute atomic E-state index is 12.6. The number of hydrogen-bond acceptors (Lipinski definition) is 5.